The first-order valence-corrected chi connectivity index (χ1v) is 10.3. The third-order valence-electron chi connectivity index (χ3n) is 4.35. The second-order valence-electron chi connectivity index (χ2n) is 6.77. The van der Waals surface area contributed by atoms with Crippen LogP contribution in [0.2, 0.25) is 0 Å². The molecule has 0 aliphatic carbocycles. The van der Waals surface area contributed by atoms with Crippen LogP contribution in [-0.2, 0) is 10.0 Å². The number of carbonyl (C=O) groups excluding carboxylic acids is 1. The van der Waals surface area contributed by atoms with Crippen molar-refractivity contribution in [2.45, 2.75) is 25.7 Å². The molecule has 0 aliphatic heterocycles. The summed E-state index contributed by atoms with van der Waals surface area (Å²) in [4.78, 5) is 12.7. The van der Waals surface area contributed by atoms with Gasteiger partial charge in [-0.2, -0.15) is 0 Å². The minimum Gasteiger partial charge on any atom is -0.322 e. The van der Waals surface area contributed by atoms with Crippen LogP contribution in [0.1, 0.15) is 27.0 Å². The Morgan fingerprint density at radius 1 is 0.821 bits per heavy atom. The summed E-state index contributed by atoms with van der Waals surface area (Å²) in [5.41, 5.74) is 4.44. The molecule has 0 bridgehead atoms. The number of aryl methyl sites for hydroxylation is 3. The fourth-order valence-corrected chi connectivity index (χ4v) is 3.81. The Labute approximate surface area is 165 Å². The Kier molecular flexibility index (Phi) is 5.51. The molecule has 0 heterocycles. The summed E-state index contributed by atoms with van der Waals surface area (Å²) in [6.07, 6.45) is 0. The zero-order chi connectivity index (χ0) is 20.3. The van der Waals surface area contributed by atoms with Gasteiger partial charge >= 0.3 is 0 Å². The quantitative estimate of drug-likeness (QED) is 0.661. The topological polar surface area (TPSA) is 75.3 Å². The van der Waals surface area contributed by atoms with Crippen molar-refractivity contribution in [3.63, 3.8) is 0 Å². The van der Waals surface area contributed by atoms with Crippen molar-refractivity contribution in [1.29, 1.82) is 0 Å². The second kappa shape index (κ2) is 7.86. The molecule has 0 saturated carbocycles. The Morgan fingerprint density at radius 2 is 1.50 bits per heavy atom. The Balaban J connectivity index is 1.83. The zero-order valence-electron chi connectivity index (χ0n) is 16.0. The maximum absolute atomic E-state index is 12.7. The third kappa shape index (κ3) is 4.58. The lowest BCUT2D eigenvalue weighted by molar-refractivity contribution is 0.102. The molecule has 28 heavy (non-hydrogen) atoms. The average molecular weight is 394 g/mol. The molecule has 5 nitrogen and oxygen atoms in total. The molecule has 0 saturated heterocycles. The molecule has 3 aromatic carbocycles. The number of sulfonamides is 1. The van der Waals surface area contributed by atoms with Gasteiger partial charge < -0.3 is 5.32 Å². The van der Waals surface area contributed by atoms with Crippen LogP contribution < -0.4 is 10.0 Å². The van der Waals surface area contributed by atoms with Gasteiger partial charge in [-0.1, -0.05) is 35.9 Å². The fourth-order valence-electron chi connectivity index (χ4n) is 2.71. The first kappa shape index (κ1) is 19.6. The van der Waals surface area contributed by atoms with Gasteiger partial charge in [-0.15, -0.1) is 0 Å². The number of rotatable bonds is 5. The predicted molar refractivity (Wildman–Crippen MR) is 112 cm³/mol. The van der Waals surface area contributed by atoms with Crippen molar-refractivity contribution < 1.29 is 13.2 Å². The van der Waals surface area contributed by atoms with E-state index in [1.54, 1.807) is 24.3 Å². The highest BCUT2D eigenvalue weighted by molar-refractivity contribution is 7.92. The van der Waals surface area contributed by atoms with Crippen molar-refractivity contribution in [2.75, 3.05) is 10.0 Å². The summed E-state index contributed by atoms with van der Waals surface area (Å²) < 4.78 is 27.9. The highest BCUT2D eigenvalue weighted by Crippen LogP contribution is 2.20. The molecule has 0 atom stereocenters. The van der Waals surface area contributed by atoms with Gasteiger partial charge in [0.1, 0.15) is 0 Å². The maximum Gasteiger partial charge on any atom is 0.261 e. The van der Waals surface area contributed by atoms with Gasteiger partial charge in [-0.3, -0.25) is 9.52 Å². The highest BCUT2D eigenvalue weighted by Gasteiger charge is 2.17. The van der Waals surface area contributed by atoms with Crippen molar-refractivity contribution in [3.05, 3.63) is 89.0 Å². The summed E-state index contributed by atoms with van der Waals surface area (Å²) in [6.45, 7) is 5.77. The highest BCUT2D eigenvalue weighted by atomic mass is 32.2. The number of hydrogen-bond donors (Lipinski definition) is 2. The van der Waals surface area contributed by atoms with Crippen LogP contribution in [0.15, 0.2) is 71.6 Å². The number of amides is 1. The number of benzene rings is 3. The maximum atomic E-state index is 12.7. The average Bonchev–Trinajstić information content (AvgIpc) is 2.66. The molecule has 0 spiro atoms. The van der Waals surface area contributed by atoms with E-state index in [0.29, 0.717) is 11.4 Å². The molecular formula is C22H22N2O3S. The van der Waals surface area contributed by atoms with Crippen LogP contribution in [0.3, 0.4) is 0 Å². The van der Waals surface area contributed by atoms with E-state index in [1.165, 1.54) is 12.1 Å². The van der Waals surface area contributed by atoms with Crippen LogP contribution in [0.5, 0.6) is 0 Å². The smallest absolute Gasteiger partial charge is 0.261 e. The predicted octanol–water partition coefficient (Wildman–Crippen LogP) is 4.66. The minimum absolute atomic E-state index is 0.0293. The second-order valence-corrected chi connectivity index (χ2v) is 8.45. The molecule has 0 radical (unpaired) electrons. The van der Waals surface area contributed by atoms with Crippen molar-refractivity contribution in [2.24, 2.45) is 0 Å². The molecule has 0 aliphatic rings. The van der Waals surface area contributed by atoms with Crippen molar-refractivity contribution in [3.8, 4) is 0 Å². The van der Waals surface area contributed by atoms with Crippen LogP contribution in [0.4, 0.5) is 11.4 Å². The molecule has 0 fully saturated rings. The van der Waals surface area contributed by atoms with E-state index in [1.807, 2.05) is 51.1 Å². The third-order valence-corrected chi connectivity index (χ3v) is 5.73. The lowest BCUT2D eigenvalue weighted by Crippen LogP contribution is -2.16. The first-order chi connectivity index (χ1) is 13.2. The molecule has 0 unspecified atom stereocenters. The SMILES string of the molecule is Cc1ccc(NS(=O)(=O)c2cccc(C(=O)Nc3cc(C)ccc3C)c2)cc1. The zero-order valence-corrected chi connectivity index (χ0v) is 16.8. The van der Waals surface area contributed by atoms with Gasteiger partial charge in [0, 0.05) is 16.9 Å². The number of carbonyl (C=O) groups is 1. The minimum atomic E-state index is -3.80. The number of anilines is 2. The van der Waals surface area contributed by atoms with Crippen molar-refractivity contribution >= 4 is 27.3 Å². The molecule has 0 aromatic heterocycles. The molecular weight excluding hydrogens is 372 g/mol. The van der Waals surface area contributed by atoms with E-state index in [4.69, 9.17) is 0 Å². The monoisotopic (exact) mass is 394 g/mol. The summed E-state index contributed by atoms with van der Waals surface area (Å²) >= 11 is 0. The standard InChI is InChI=1S/C22H22N2O3S/c1-15-8-11-19(12-9-15)24-28(26,27)20-6-4-5-18(14-20)22(25)23-21-13-16(2)7-10-17(21)3/h4-14,24H,1-3H3,(H,23,25). The van der Waals surface area contributed by atoms with Crippen LogP contribution in [-0.4, -0.2) is 14.3 Å². The lowest BCUT2D eigenvalue weighted by atomic mass is 10.1. The summed E-state index contributed by atoms with van der Waals surface area (Å²) in [5.74, 6) is -0.360. The van der Waals surface area contributed by atoms with E-state index in [2.05, 4.69) is 10.0 Å². The number of nitrogens with one attached hydrogen (secondary N) is 2. The Morgan fingerprint density at radius 3 is 2.21 bits per heavy atom. The summed E-state index contributed by atoms with van der Waals surface area (Å²) in [5, 5.41) is 2.85. The largest absolute Gasteiger partial charge is 0.322 e. The van der Waals surface area contributed by atoms with Gasteiger partial charge in [-0.05, 0) is 68.3 Å². The van der Waals surface area contributed by atoms with E-state index in [-0.39, 0.29) is 16.4 Å². The normalized spacial score (nSPS) is 11.1. The molecule has 144 valence electrons. The number of hydrogen-bond acceptors (Lipinski definition) is 3. The van der Waals surface area contributed by atoms with Crippen LogP contribution >= 0.6 is 0 Å². The van der Waals surface area contributed by atoms with Gasteiger partial charge in [0.05, 0.1) is 4.90 Å². The van der Waals surface area contributed by atoms with Gasteiger partial charge in [0.25, 0.3) is 15.9 Å². The Bertz CT molecular complexity index is 1120. The van der Waals surface area contributed by atoms with Crippen LogP contribution in [0.25, 0.3) is 0 Å². The van der Waals surface area contributed by atoms with Crippen molar-refractivity contribution in [1.82, 2.24) is 0 Å². The summed E-state index contributed by atoms with van der Waals surface area (Å²) in [6, 6.07) is 18.8. The van der Waals surface area contributed by atoms with Gasteiger partial charge in [0.2, 0.25) is 0 Å². The van der Waals surface area contributed by atoms with E-state index < -0.39 is 10.0 Å². The van der Waals surface area contributed by atoms with Gasteiger partial charge in [-0.25, -0.2) is 8.42 Å². The van der Waals surface area contributed by atoms with E-state index in [0.717, 1.165) is 16.7 Å². The van der Waals surface area contributed by atoms with E-state index in [9.17, 15) is 13.2 Å². The Hall–Kier alpha value is -3.12. The fraction of sp³-hybridized carbons (Fsp3) is 0.136. The molecule has 1 amide bonds. The molecule has 3 rings (SSSR count). The lowest BCUT2D eigenvalue weighted by Gasteiger charge is -2.11. The molecule has 3 aromatic rings. The molecule has 2 N–H and O–H groups in total. The van der Waals surface area contributed by atoms with E-state index >= 15 is 0 Å². The first-order valence-electron chi connectivity index (χ1n) is 8.83. The van der Waals surface area contributed by atoms with Crippen LogP contribution in [0, 0.1) is 20.8 Å². The van der Waals surface area contributed by atoms with Gasteiger partial charge in [0.15, 0.2) is 0 Å². The molecule has 6 heteroatoms. The summed E-state index contributed by atoms with van der Waals surface area (Å²) in [7, 11) is -3.80.